The number of carbonyl (C=O) groups excluding carboxylic acids is 1. The minimum atomic E-state index is -0.192. The van der Waals surface area contributed by atoms with Crippen molar-refractivity contribution in [3.63, 3.8) is 0 Å². The third-order valence-corrected chi connectivity index (χ3v) is 5.43. The molecule has 0 bridgehead atoms. The molecule has 18 heavy (non-hydrogen) atoms. The smallest absolute Gasteiger partial charge is 0.238 e. The number of hydrogen-bond donors (Lipinski definition) is 1. The lowest BCUT2D eigenvalue weighted by Crippen LogP contribution is -2.21. The fourth-order valence-electron chi connectivity index (χ4n) is 2.15. The van der Waals surface area contributed by atoms with Crippen molar-refractivity contribution in [1.82, 2.24) is 0 Å². The Morgan fingerprint density at radius 2 is 2.28 bits per heavy atom. The fraction of sp³-hybridized carbons (Fsp3) is 0.538. The van der Waals surface area contributed by atoms with Crippen LogP contribution in [0.4, 0.5) is 5.00 Å². The van der Waals surface area contributed by atoms with Crippen LogP contribution in [-0.2, 0) is 17.6 Å². The molecule has 1 atom stereocenters. The second-order valence-corrected chi connectivity index (χ2v) is 6.60. The Balaban J connectivity index is 2.26. The summed E-state index contributed by atoms with van der Waals surface area (Å²) in [5, 5.41) is 12.9. The SMILES string of the molecule is CCC(Br)C(=O)Nc1sc2c(c1C#N)CCCC2. The molecule has 1 N–H and O–H groups in total. The fourth-order valence-corrected chi connectivity index (χ4v) is 3.50. The van der Waals surface area contributed by atoms with Crippen LogP contribution in [0, 0.1) is 11.3 Å². The number of aryl methyl sites for hydroxylation is 1. The van der Waals surface area contributed by atoms with Crippen molar-refractivity contribution < 1.29 is 4.79 Å². The van der Waals surface area contributed by atoms with Crippen LogP contribution in [0.1, 0.15) is 42.2 Å². The van der Waals surface area contributed by atoms with Gasteiger partial charge in [-0.05, 0) is 37.7 Å². The van der Waals surface area contributed by atoms with Crippen LogP contribution >= 0.6 is 27.3 Å². The number of nitrogens with one attached hydrogen (secondary N) is 1. The summed E-state index contributed by atoms with van der Waals surface area (Å²) in [5.41, 5.74) is 1.84. The van der Waals surface area contributed by atoms with Gasteiger partial charge in [-0.25, -0.2) is 0 Å². The van der Waals surface area contributed by atoms with Gasteiger partial charge in [-0.15, -0.1) is 11.3 Å². The van der Waals surface area contributed by atoms with E-state index in [1.54, 1.807) is 11.3 Å². The maximum Gasteiger partial charge on any atom is 0.238 e. The Labute approximate surface area is 119 Å². The lowest BCUT2D eigenvalue weighted by atomic mass is 9.96. The first-order valence-corrected chi connectivity index (χ1v) is 7.90. The Morgan fingerprint density at radius 3 is 2.94 bits per heavy atom. The molecular weight excluding hydrogens is 312 g/mol. The standard InChI is InChI=1S/C13H15BrN2OS/c1-2-10(14)12(17)16-13-9(7-15)8-5-3-4-6-11(8)18-13/h10H,2-6H2,1H3,(H,16,17). The number of fused-ring (bicyclic) bond motifs is 1. The molecule has 5 heteroatoms. The molecule has 1 amide bonds. The van der Waals surface area contributed by atoms with Crippen molar-refractivity contribution in [3.05, 3.63) is 16.0 Å². The molecular formula is C13H15BrN2OS. The molecule has 0 fully saturated rings. The van der Waals surface area contributed by atoms with Gasteiger partial charge in [0.1, 0.15) is 11.1 Å². The number of carbonyl (C=O) groups is 1. The second kappa shape index (κ2) is 5.85. The maximum atomic E-state index is 11.9. The van der Waals surface area contributed by atoms with E-state index >= 15 is 0 Å². The van der Waals surface area contributed by atoms with Crippen LogP contribution in [0.2, 0.25) is 0 Å². The van der Waals surface area contributed by atoms with E-state index in [-0.39, 0.29) is 10.7 Å². The number of thiophene rings is 1. The topological polar surface area (TPSA) is 52.9 Å². The van der Waals surface area contributed by atoms with E-state index in [0.717, 1.165) is 36.2 Å². The summed E-state index contributed by atoms with van der Waals surface area (Å²) in [7, 11) is 0. The molecule has 0 aliphatic heterocycles. The largest absolute Gasteiger partial charge is 0.316 e. The van der Waals surface area contributed by atoms with E-state index in [1.807, 2.05) is 6.92 Å². The van der Waals surface area contributed by atoms with E-state index in [2.05, 4.69) is 27.3 Å². The third-order valence-electron chi connectivity index (χ3n) is 3.16. The van der Waals surface area contributed by atoms with E-state index in [0.29, 0.717) is 5.56 Å². The number of amides is 1. The van der Waals surface area contributed by atoms with Gasteiger partial charge in [-0.1, -0.05) is 22.9 Å². The molecule has 0 saturated heterocycles. The highest BCUT2D eigenvalue weighted by atomic mass is 79.9. The van der Waals surface area contributed by atoms with Crippen molar-refractivity contribution in [1.29, 1.82) is 5.26 Å². The zero-order chi connectivity index (χ0) is 13.1. The van der Waals surface area contributed by atoms with Gasteiger partial charge in [0.2, 0.25) is 5.91 Å². The summed E-state index contributed by atoms with van der Waals surface area (Å²) < 4.78 is 0. The van der Waals surface area contributed by atoms with Crippen LogP contribution in [0.25, 0.3) is 0 Å². The average Bonchev–Trinajstić information content (AvgIpc) is 2.74. The summed E-state index contributed by atoms with van der Waals surface area (Å²) in [5.74, 6) is -0.0624. The molecule has 0 spiro atoms. The van der Waals surface area contributed by atoms with Crippen molar-refractivity contribution in [2.24, 2.45) is 0 Å². The Hall–Kier alpha value is -0.860. The normalized spacial score (nSPS) is 15.6. The average molecular weight is 327 g/mol. The second-order valence-electron chi connectivity index (χ2n) is 4.39. The van der Waals surface area contributed by atoms with Crippen LogP contribution in [0.3, 0.4) is 0 Å². The van der Waals surface area contributed by atoms with E-state index in [9.17, 15) is 10.1 Å². The monoisotopic (exact) mass is 326 g/mol. The van der Waals surface area contributed by atoms with Crippen LogP contribution in [0.15, 0.2) is 0 Å². The van der Waals surface area contributed by atoms with Gasteiger partial charge in [0, 0.05) is 4.88 Å². The molecule has 1 aliphatic rings. The molecule has 1 aliphatic carbocycles. The molecule has 1 aromatic heterocycles. The molecule has 0 saturated carbocycles. The predicted octanol–water partition coefficient (Wildman–Crippen LogP) is 3.61. The Bertz CT molecular complexity index is 504. The zero-order valence-corrected chi connectivity index (χ0v) is 12.7. The lowest BCUT2D eigenvalue weighted by Gasteiger charge is -2.09. The highest BCUT2D eigenvalue weighted by Crippen LogP contribution is 2.37. The molecule has 1 heterocycles. The van der Waals surface area contributed by atoms with E-state index < -0.39 is 0 Å². The number of nitriles is 1. The molecule has 2 rings (SSSR count). The number of rotatable bonds is 3. The van der Waals surface area contributed by atoms with Crippen LogP contribution in [-0.4, -0.2) is 10.7 Å². The minimum Gasteiger partial charge on any atom is -0.316 e. The number of halogens is 1. The first-order valence-electron chi connectivity index (χ1n) is 6.17. The number of nitrogens with zero attached hydrogens (tertiary/aromatic N) is 1. The number of hydrogen-bond acceptors (Lipinski definition) is 3. The third kappa shape index (κ3) is 2.60. The summed E-state index contributed by atoms with van der Waals surface area (Å²) in [4.78, 5) is 12.9. The molecule has 1 aromatic rings. The molecule has 0 radical (unpaired) electrons. The Morgan fingerprint density at radius 1 is 1.56 bits per heavy atom. The summed E-state index contributed by atoms with van der Waals surface area (Å²) in [6.07, 6.45) is 5.06. The predicted molar refractivity (Wildman–Crippen MR) is 77.3 cm³/mol. The minimum absolute atomic E-state index is 0.0624. The van der Waals surface area contributed by atoms with Crippen molar-refractivity contribution in [2.75, 3.05) is 5.32 Å². The number of alkyl halides is 1. The first kappa shape index (κ1) is 13.6. The van der Waals surface area contributed by atoms with Gasteiger partial charge in [-0.3, -0.25) is 4.79 Å². The Kier molecular flexibility index (Phi) is 4.41. The highest BCUT2D eigenvalue weighted by molar-refractivity contribution is 9.10. The molecule has 1 unspecified atom stereocenters. The van der Waals surface area contributed by atoms with E-state index in [1.165, 1.54) is 11.3 Å². The van der Waals surface area contributed by atoms with Gasteiger partial charge >= 0.3 is 0 Å². The molecule has 3 nitrogen and oxygen atoms in total. The van der Waals surface area contributed by atoms with Gasteiger partial charge in [0.15, 0.2) is 0 Å². The van der Waals surface area contributed by atoms with Crippen molar-refractivity contribution in [2.45, 2.75) is 43.9 Å². The van der Waals surface area contributed by atoms with Crippen molar-refractivity contribution >= 4 is 38.2 Å². The lowest BCUT2D eigenvalue weighted by molar-refractivity contribution is -0.115. The van der Waals surface area contributed by atoms with Crippen molar-refractivity contribution in [3.8, 4) is 6.07 Å². The first-order chi connectivity index (χ1) is 8.67. The van der Waals surface area contributed by atoms with Crippen LogP contribution in [0.5, 0.6) is 0 Å². The quantitative estimate of drug-likeness (QED) is 0.862. The zero-order valence-electron chi connectivity index (χ0n) is 10.3. The molecule has 96 valence electrons. The maximum absolute atomic E-state index is 11.9. The van der Waals surface area contributed by atoms with Crippen LogP contribution < -0.4 is 5.32 Å². The summed E-state index contributed by atoms with van der Waals surface area (Å²) >= 11 is 4.90. The van der Waals surface area contributed by atoms with E-state index in [4.69, 9.17) is 0 Å². The summed E-state index contributed by atoms with van der Waals surface area (Å²) in [6.45, 7) is 1.95. The summed E-state index contributed by atoms with van der Waals surface area (Å²) in [6, 6.07) is 2.25. The van der Waals surface area contributed by atoms with Gasteiger partial charge in [0.05, 0.1) is 10.4 Å². The number of anilines is 1. The molecule has 0 aromatic carbocycles. The highest BCUT2D eigenvalue weighted by Gasteiger charge is 2.23. The van der Waals surface area contributed by atoms with Gasteiger partial charge < -0.3 is 5.32 Å². The van der Waals surface area contributed by atoms with Gasteiger partial charge in [-0.2, -0.15) is 5.26 Å². The van der Waals surface area contributed by atoms with Gasteiger partial charge in [0.25, 0.3) is 0 Å².